The first kappa shape index (κ1) is 16.7. The quantitative estimate of drug-likeness (QED) is 0.721. The molecule has 0 amide bonds. The summed E-state index contributed by atoms with van der Waals surface area (Å²) in [4.78, 5) is 0. The summed E-state index contributed by atoms with van der Waals surface area (Å²) in [5.74, 6) is 2.41. The van der Waals surface area contributed by atoms with Crippen LogP contribution >= 0.6 is 0 Å². The van der Waals surface area contributed by atoms with Crippen LogP contribution in [0.2, 0.25) is 0 Å². The van der Waals surface area contributed by atoms with E-state index in [-0.39, 0.29) is 19.7 Å². The molecule has 0 bridgehead atoms. The molecule has 5 heteroatoms. The van der Waals surface area contributed by atoms with Crippen LogP contribution in [0.4, 0.5) is 0 Å². The molecule has 20 heavy (non-hydrogen) atoms. The average Bonchev–Trinajstić information content (AvgIpc) is 2.41. The van der Waals surface area contributed by atoms with Crippen LogP contribution < -0.4 is 0 Å². The van der Waals surface area contributed by atoms with Gasteiger partial charge in [-0.3, -0.25) is 0 Å². The highest BCUT2D eigenvalue weighted by Gasteiger charge is 2.28. The van der Waals surface area contributed by atoms with Gasteiger partial charge in [0, 0.05) is 13.7 Å². The maximum Gasteiger partial charge on any atom is 0.220 e. The van der Waals surface area contributed by atoms with Gasteiger partial charge < -0.3 is 4.74 Å². The first-order valence-electron chi connectivity index (χ1n) is 6.38. The Morgan fingerprint density at radius 1 is 1.35 bits per heavy atom. The number of hydrogen-bond acceptors (Lipinski definition) is 3. The Bertz CT molecular complexity index is 558. The molecular formula is C15H21NO3S. The average molecular weight is 295 g/mol. The summed E-state index contributed by atoms with van der Waals surface area (Å²) in [5.41, 5.74) is 2.05. The largest absolute Gasteiger partial charge is 0.383 e. The molecule has 0 heterocycles. The monoisotopic (exact) mass is 295 g/mol. The van der Waals surface area contributed by atoms with Gasteiger partial charge in [-0.15, -0.1) is 6.42 Å². The van der Waals surface area contributed by atoms with Crippen LogP contribution in [0.5, 0.6) is 0 Å². The number of nitrogens with zero attached hydrogens (tertiary/aromatic N) is 1. The van der Waals surface area contributed by atoms with E-state index in [0.717, 1.165) is 11.1 Å². The number of terminal acetylenes is 1. The van der Waals surface area contributed by atoms with Crippen molar-refractivity contribution in [1.82, 2.24) is 4.31 Å². The normalized spacial score (nSPS) is 13.2. The molecule has 0 unspecified atom stereocenters. The van der Waals surface area contributed by atoms with Gasteiger partial charge in [-0.1, -0.05) is 35.7 Å². The smallest absolute Gasteiger partial charge is 0.220 e. The predicted molar refractivity (Wildman–Crippen MR) is 80.7 cm³/mol. The van der Waals surface area contributed by atoms with Gasteiger partial charge in [0.25, 0.3) is 0 Å². The Morgan fingerprint density at radius 2 is 1.95 bits per heavy atom. The summed E-state index contributed by atoms with van der Waals surface area (Å²) in [6.45, 7) is 4.10. The van der Waals surface area contributed by atoms with Crippen molar-refractivity contribution in [1.29, 1.82) is 0 Å². The Labute approximate surface area is 121 Å². The van der Waals surface area contributed by atoms with E-state index in [1.165, 1.54) is 11.4 Å². The van der Waals surface area contributed by atoms with Gasteiger partial charge in [-0.05, 0) is 19.4 Å². The summed E-state index contributed by atoms with van der Waals surface area (Å²) >= 11 is 0. The number of sulfonamides is 1. The zero-order chi connectivity index (χ0) is 15.2. The molecule has 1 aromatic rings. The lowest BCUT2D eigenvalue weighted by Crippen LogP contribution is -2.39. The Morgan fingerprint density at radius 3 is 2.45 bits per heavy atom. The maximum atomic E-state index is 12.4. The van der Waals surface area contributed by atoms with Crippen LogP contribution in [-0.2, 0) is 21.3 Å². The van der Waals surface area contributed by atoms with Gasteiger partial charge in [0.05, 0.1) is 18.4 Å². The first-order chi connectivity index (χ1) is 9.41. The molecule has 110 valence electrons. The molecule has 0 aliphatic heterocycles. The molecule has 0 fully saturated rings. The second-order valence-electron chi connectivity index (χ2n) is 4.77. The third kappa shape index (κ3) is 4.34. The van der Waals surface area contributed by atoms with E-state index >= 15 is 0 Å². The van der Waals surface area contributed by atoms with Crippen LogP contribution in [-0.4, -0.2) is 38.2 Å². The van der Waals surface area contributed by atoms with Crippen LogP contribution in [0.3, 0.4) is 0 Å². The summed E-state index contributed by atoms with van der Waals surface area (Å²) in [6.07, 6.45) is 5.29. The number of benzene rings is 1. The topological polar surface area (TPSA) is 46.6 Å². The van der Waals surface area contributed by atoms with Gasteiger partial charge in [0.2, 0.25) is 10.0 Å². The Balaban J connectivity index is 2.94. The highest BCUT2D eigenvalue weighted by molar-refractivity contribution is 7.89. The van der Waals surface area contributed by atoms with E-state index in [2.05, 4.69) is 5.92 Å². The molecule has 0 aromatic heterocycles. The molecule has 1 aromatic carbocycles. The van der Waals surface area contributed by atoms with Crippen molar-refractivity contribution in [3.63, 3.8) is 0 Å². The number of methoxy groups -OCH3 is 1. The lowest BCUT2D eigenvalue weighted by atomic mass is 10.1. The molecule has 0 spiro atoms. The fourth-order valence-corrected chi connectivity index (χ4v) is 3.21. The maximum absolute atomic E-state index is 12.4. The van der Waals surface area contributed by atoms with Gasteiger partial charge in [0.15, 0.2) is 0 Å². The number of aryl methyl sites for hydroxylation is 1. The summed E-state index contributed by atoms with van der Waals surface area (Å²) in [7, 11) is -1.98. The first-order valence-corrected chi connectivity index (χ1v) is 7.89. The van der Waals surface area contributed by atoms with E-state index in [1.807, 2.05) is 31.2 Å². The number of rotatable bonds is 7. The fraction of sp³-hybridized carbons (Fsp3) is 0.467. The minimum Gasteiger partial charge on any atom is -0.383 e. The molecule has 4 nitrogen and oxygen atoms in total. The van der Waals surface area contributed by atoms with Gasteiger partial charge >= 0.3 is 0 Å². The second-order valence-corrected chi connectivity index (χ2v) is 7.12. The van der Waals surface area contributed by atoms with Crippen LogP contribution in [0.1, 0.15) is 18.1 Å². The minimum atomic E-state index is -3.47. The molecule has 0 radical (unpaired) electrons. The van der Waals surface area contributed by atoms with E-state index in [9.17, 15) is 8.42 Å². The van der Waals surface area contributed by atoms with Gasteiger partial charge in [0.1, 0.15) is 0 Å². The highest BCUT2D eigenvalue weighted by Crippen LogP contribution is 2.14. The van der Waals surface area contributed by atoms with E-state index in [0.29, 0.717) is 0 Å². The van der Waals surface area contributed by atoms with Crippen LogP contribution in [0, 0.1) is 19.3 Å². The molecule has 0 saturated carbocycles. The third-order valence-corrected chi connectivity index (χ3v) is 5.15. The van der Waals surface area contributed by atoms with Crippen molar-refractivity contribution in [3.05, 3.63) is 35.4 Å². The van der Waals surface area contributed by atoms with Gasteiger partial charge in [-0.25, -0.2) is 8.42 Å². The van der Waals surface area contributed by atoms with Crippen molar-refractivity contribution in [2.75, 3.05) is 20.3 Å². The summed E-state index contributed by atoms with van der Waals surface area (Å²) < 4.78 is 31.1. The van der Waals surface area contributed by atoms with Crippen molar-refractivity contribution < 1.29 is 13.2 Å². The summed E-state index contributed by atoms with van der Waals surface area (Å²) in [6, 6.07) is 7.73. The zero-order valence-corrected chi connectivity index (χ0v) is 13.0. The lowest BCUT2D eigenvalue weighted by molar-refractivity contribution is 0.198. The molecule has 0 saturated heterocycles. The van der Waals surface area contributed by atoms with E-state index < -0.39 is 15.3 Å². The number of hydrogen-bond donors (Lipinski definition) is 0. The molecule has 0 aliphatic rings. The lowest BCUT2D eigenvalue weighted by Gasteiger charge is -2.23. The van der Waals surface area contributed by atoms with E-state index in [1.54, 1.807) is 6.92 Å². The zero-order valence-electron chi connectivity index (χ0n) is 12.2. The molecule has 1 atom stereocenters. The fourth-order valence-electron chi connectivity index (χ4n) is 1.81. The predicted octanol–water partition coefficient (Wildman–Crippen LogP) is 1.79. The van der Waals surface area contributed by atoms with Crippen molar-refractivity contribution in [3.8, 4) is 12.3 Å². The standard InChI is InChI=1S/C15H21NO3S/c1-5-10-16(20(17,18)14(3)12-19-4)11-15-8-6-13(2)7-9-15/h1,6-9,14H,10-12H2,2-4H3/t14-/m1/s1. The third-order valence-electron chi connectivity index (χ3n) is 3.02. The van der Waals surface area contributed by atoms with Crippen molar-refractivity contribution in [2.24, 2.45) is 0 Å². The minimum absolute atomic E-state index is 0.0598. The van der Waals surface area contributed by atoms with E-state index in [4.69, 9.17) is 11.2 Å². The second kappa shape index (κ2) is 7.44. The molecule has 0 aliphatic carbocycles. The van der Waals surface area contributed by atoms with Crippen LogP contribution in [0.25, 0.3) is 0 Å². The Hall–Kier alpha value is -1.35. The SMILES string of the molecule is C#CCN(Cc1ccc(C)cc1)S(=O)(=O)[C@H](C)COC. The Kier molecular flexibility index (Phi) is 6.21. The summed E-state index contributed by atoms with van der Waals surface area (Å²) in [5, 5.41) is -0.619. The van der Waals surface area contributed by atoms with Crippen LogP contribution in [0.15, 0.2) is 24.3 Å². The molecule has 0 N–H and O–H groups in total. The van der Waals surface area contributed by atoms with Gasteiger partial charge in [-0.2, -0.15) is 4.31 Å². The highest BCUT2D eigenvalue weighted by atomic mass is 32.2. The van der Waals surface area contributed by atoms with Crippen molar-refractivity contribution >= 4 is 10.0 Å². The molecule has 1 rings (SSSR count). The molecular weight excluding hydrogens is 274 g/mol. The van der Waals surface area contributed by atoms with Crippen molar-refractivity contribution in [2.45, 2.75) is 25.6 Å². The number of ether oxygens (including phenoxy) is 1.